The summed E-state index contributed by atoms with van der Waals surface area (Å²) < 4.78 is 5.09. The van der Waals surface area contributed by atoms with Gasteiger partial charge in [0.15, 0.2) is 0 Å². The number of urea groups is 1. The number of likely N-dealkylation sites (tertiary alicyclic amines) is 1. The Hall–Kier alpha value is -1.63. The quantitative estimate of drug-likeness (QED) is 0.602. The van der Waals surface area contributed by atoms with Gasteiger partial charge in [-0.1, -0.05) is 0 Å². The summed E-state index contributed by atoms with van der Waals surface area (Å²) in [5.41, 5.74) is -0.743. The van der Waals surface area contributed by atoms with Crippen molar-refractivity contribution < 1.29 is 19.1 Å². The molecule has 2 heterocycles. The number of rotatable bonds is 5. The Labute approximate surface area is 136 Å². The molecule has 0 unspecified atom stereocenters. The van der Waals surface area contributed by atoms with Gasteiger partial charge < -0.3 is 10.1 Å². The third-order valence-corrected chi connectivity index (χ3v) is 5.16. The zero-order valence-electron chi connectivity index (χ0n) is 13.8. The minimum Gasteiger partial charge on any atom is -0.466 e. The summed E-state index contributed by atoms with van der Waals surface area (Å²) in [6.45, 7) is 5.57. The highest BCUT2D eigenvalue weighted by Gasteiger charge is 2.56. The molecule has 1 aliphatic carbocycles. The second-order valence-corrected chi connectivity index (χ2v) is 6.95. The first-order valence-corrected chi connectivity index (χ1v) is 8.48. The van der Waals surface area contributed by atoms with E-state index in [9.17, 15) is 14.4 Å². The first-order chi connectivity index (χ1) is 11.0. The van der Waals surface area contributed by atoms with Crippen LogP contribution in [-0.2, 0) is 14.3 Å². The van der Waals surface area contributed by atoms with E-state index in [2.05, 4.69) is 5.32 Å². The summed E-state index contributed by atoms with van der Waals surface area (Å²) in [5, 5.41) is 2.86. The van der Waals surface area contributed by atoms with E-state index >= 15 is 0 Å². The molecule has 23 heavy (non-hydrogen) atoms. The van der Waals surface area contributed by atoms with E-state index in [-0.39, 0.29) is 36.4 Å². The molecule has 7 nitrogen and oxygen atoms in total. The van der Waals surface area contributed by atoms with Crippen LogP contribution in [0.1, 0.15) is 39.5 Å². The Morgan fingerprint density at radius 3 is 2.74 bits per heavy atom. The molecule has 0 aromatic rings. The third kappa shape index (κ3) is 3.06. The largest absolute Gasteiger partial charge is 0.466 e. The summed E-state index contributed by atoms with van der Waals surface area (Å²) in [4.78, 5) is 40.0. The molecule has 3 aliphatic rings. The van der Waals surface area contributed by atoms with Crippen molar-refractivity contribution in [1.82, 2.24) is 15.1 Å². The van der Waals surface area contributed by atoms with Crippen LogP contribution in [0.25, 0.3) is 0 Å². The van der Waals surface area contributed by atoms with Crippen molar-refractivity contribution in [2.24, 2.45) is 11.8 Å². The molecule has 2 atom stereocenters. The van der Waals surface area contributed by atoms with Crippen molar-refractivity contribution in [1.29, 1.82) is 0 Å². The number of carbonyl (C=O) groups is 3. The van der Waals surface area contributed by atoms with Crippen LogP contribution in [0.4, 0.5) is 4.79 Å². The molecule has 0 spiro atoms. The van der Waals surface area contributed by atoms with Crippen LogP contribution >= 0.6 is 0 Å². The van der Waals surface area contributed by atoms with Gasteiger partial charge in [0.05, 0.1) is 19.2 Å². The predicted molar refractivity (Wildman–Crippen MR) is 82.3 cm³/mol. The normalized spacial score (nSPS) is 32.1. The Morgan fingerprint density at radius 1 is 1.35 bits per heavy atom. The number of hydrogen-bond donors (Lipinski definition) is 1. The molecule has 0 aromatic heterocycles. The first kappa shape index (κ1) is 16.2. The Kier molecular flexibility index (Phi) is 4.31. The molecule has 2 aliphatic heterocycles. The average molecular weight is 323 g/mol. The number of imide groups is 1. The number of carbonyl (C=O) groups excluding carboxylic acids is 3. The highest BCUT2D eigenvalue weighted by molar-refractivity contribution is 6.07. The maximum absolute atomic E-state index is 12.6. The van der Waals surface area contributed by atoms with Gasteiger partial charge in [0.2, 0.25) is 0 Å². The van der Waals surface area contributed by atoms with Gasteiger partial charge in [-0.2, -0.15) is 0 Å². The molecular weight excluding hydrogens is 298 g/mol. The summed E-state index contributed by atoms with van der Waals surface area (Å²) >= 11 is 0. The highest BCUT2D eigenvalue weighted by Crippen LogP contribution is 2.42. The Morgan fingerprint density at radius 2 is 2.09 bits per heavy atom. The fourth-order valence-corrected chi connectivity index (χ4v) is 3.62. The number of esters is 1. The minimum atomic E-state index is -0.743. The van der Waals surface area contributed by atoms with Crippen LogP contribution < -0.4 is 5.32 Å². The van der Waals surface area contributed by atoms with Crippen LogP contribution in [0.2, 0.25) is 0 Å². The van der Waals surface area contributed by atoms with Crippen LogP contribution in [-0.4, -0.2) is 59.6 Å². The van der Waals surface area contributed by atoms with E-state index in [4.69, 9.17) is 4.74 Å². The molecule has 2 saturated heterocycles. The molecule has 128 valence electrons. The Bertz CT molecular complexity index is 519. The topological polar surface area (TPSA) is 79.0 Å². The summed E-state index contributed by atoms with van der Waals surface area (Å²) in [5.74, 6) is -0.225. The van der Waals surface area contributed by atoms with E-state index < -0.39 is 5.54 Å². The van der Waals surface area contributed by atoms with Gasteiger partial charge in [-0.15, -0.1) is 0 Å². The highest BCUT2D eigenvalue weighted by atomic mass is 16.5. The van der Waals surface area contributed by atoms with E-state index in [0.29, 0.717) is 13.2 Å². The van der Waals surface area contributed by atoms with Gasteiger partial charge in [0, 0.05) is 6.54 Å². The van der Waals surface area contributed by atoms with E-state index in [1.165, 1.54) is 4.90 Å². The van der Waals surface area contributed by atoms with Gasteiger partial charge in [0.25, 0.3) is 5.91 Å². The number of nitrogens with one attached hydrogen (secondary N) is 1. The maximum atomic E-state index is 12.6. The summed E-state index contributed by atoms with van der Waals surface area (Å²) in [6.07, 6.45) is 3.65. The summed E-state index contributed by atoms with van der Waals surface area (Å²) in [7, 11) is 0. The molecule has 7 heteroatoms. The molecule has 3 rings (SSSR count). The molecule has 3 fully saturated rings. The average Bonchev–Trinajstić information content (AvgIpc) is 3.34. The monoisotopic (exact) mass is 323 g/mol. The third-order valence-electron chi connectivity index (χ3n) is 5.16. The lowest BCUT2D eigenvalue weighted by atomic mass is 9.96. The van der Waals surface area contributed by atoms with Crippen molar-refractivity contribution in [2.75, 3.05) is 26.4 Å². The van der Waals surface area contributed by atoms with Gasteiger partial charge in [-0.25, -0.2) is 9.69 Å². The number of amides is 3. The maximum Gasteiger partial charge on any atom is 0.326 e. The Balaban J connectivity index is 1.61. The van der Waals surface area contributed by atoms with Gasteiger partial charge in [0.1, 0.15) is 5.54 Å². The SMILES string of the molecule is CCOC(=O)[C@@H]1CCCN(CN2C(=O)N[C@](C)(C3CC3)C2=O)C1. The second kappa shape index (κ2) is 6.11. The second-order valence-electron chi connectivity index (χ2n) is 6.95. The molecule has 3 amide bonds. The number of ether oxygens (including phenoxy) is 1. The van der Waals surface area contributed by atoms with E-state index in [1.54, 1.807) is 6.92 Å². The standard InChI is InChI=1S/C16H25N3O4/c1-3-23-13(20)11-5-4-8-18(9-11)10-19-14(21)16(2,12-6-7-12)17-15(19)22/h11-12H,3-10H2,1-2H3,(H,17,22)/t11-,16-/m1/s1. The summed E-state index contributed by atoms with van der Waals surface area (Å²) in [6, 6.07) is -0.317. The predicted octanol–water partition coefficient (Wildman–Crippen LogP) is 0.940. The van der Waals surface area contributed by atoms with Crippen LogP contribution in [0.15, 0.2) is 0 Å². The lowest BCUT2D eigenvalue weighted by Crippen LogP contribution is -2.49. The van der Waals surface area contributed by atoms with Crippen molar-refractivity contribution in [2.45, 2.75) is 45.1 Å². The smallest absolute Gasteiger partial charge is 0.326 e. The minimum absolute atomic E-state index is 0.136. The molecule has 0 bridgehead atoms. The van der Waals surface area contributed by atoms with Crippen LogP contribution in [0.5, 0.6) is 0 Å². The lowest BCUT2D eigenvalue weighted by molar-refractivity contribution is -0.150. The van der Waals surface area contributed by atoms with Crippen molar-refractivity contribution in [3.05, 3.63) is 0 Å². The van der Waals surface area contributed by atoms with Crippen LogP contribution in [0, 0.1) is 11.8 Å². The molecular formula is C16H25N3O4. The number of nitrogens with zero attached hydrogens (tertiary/aromatic N) is 2. The first-order valence-electron chi connectivity index (χ1n) is 8.48. The lowest BCUT2D eigenvalue weighted by Gasteiger charge is -2.33. The van der Waals surface area contributed by atoms with Gasteiger partial charge >= 0.3 is 12.0 Å². The van der Waals surface area contributed by atoms with Crippen molar-refractivity contribution in [3.63, 3.8) is 0 Å². The molecule has 1 N–H and O–H groups in total. The fourth-order valence-electron chi connectivity index (χ4n) is 3.62. The molecule has 1 saturated carbocycles. The van der Waals surface area contributed by atoms with Gasteiger partial charge in [-0.05, 0) is 52.0 Å². The van der Waals surface area contributed by atoms with Crippen LogP contribution in [0.3, 0.4) is 0 Å². The van der Waals surface area contributed by atoms with E-state index in [1.807, 2.05) is 11.8 Å². The number of piperidine rings is 1. The zero-order chi connectivity index (χ0) is 16.6. The van der Waals surface area contributed by atoms with E-state index in [0.717, 1.165) is 32.2 Å². The molecule has 0 radical (unpaired) electrons. The van der Waals surface area contributed by atoms with Crippen molar-refractivity contribution in [3.8, 4) is 0 Å². The zero-order valence-corrected chi connectivity index (χ0v) is 13.8. The fraction of sp³-hybridized carbons (Fsp3) is 0.812. The molecule has 0 aromatic carbocycles. The van der Waals surface area contributed by atoms with Gasteiger partial charge in [-0.3, -0.25) is 14.5 Å². The number of hydrogen-bond acceptors (Lipinski definition) is 5. The van der Waals surface area contributed by atoms with Crippen molar-refractivity contribution >= 4 is 17.9 Å².